The van der Waals surface area contributed by atoms with E-state index in [1.165, 1.54) is 0 Å². The molecule has 1 aromatic rings. The Morgan fingerprint density at radius 3 is 2.42 bits per heavy atom. The van der Waals surface area contributed by atoms with E-state index in [0.29, 0.717) is 0 Å². The van der Waals surface area contributed by atoms with Gasteiger partial charge in [0.1, 0.15) is 0 Å². The first-order chi connectivity index (χ1) is 8.86. The van der Waals surface area contributed by atoms with Gasteiger partial charge in [-0.25, -0.2) is 0 Å². The molecule has 0 saturated heterocycles. The number of nitrogens with zero attached hydrogens (tertiary/aromatic N) is 2. The zero-order valence-corrected chi connectivity index (χ0v) is 12.9. The van der Waals surface area contributed by atoms with Crippen LogP contribution in [-0.4, -0.2) is 30.1 Å². The van der Waals surface area contributed by atoms with Crippen LogP contribution in [0.25, 0.3) is 0 Å². The molecule has 2 unspecified atom stereocenters. The van der Waals surface area contributed by atoms with E-state index >= 15 is 0 Å². The zero-order chi connectivity index (χ0) is 14.6. The minimum absolute atomic E-state index is 0.0551. The highest BCUT2D eigenvalue weighted by molar-refractivity contribution is 5.29. The monoisotopic (exact) mass is 269 g/mol. The van der Waals surface area contributed by atoms with Crippen LogP contribution in [0, 0.1) is 5.41 Å². The van der Waals surface area contributed by atoms with E-state index < -0.39 is 0 Å². The Morgan fingerprint density at radius 1 is 1.37 bits per heavy atom. The van der Waals surface area contributed by atoms with E-state index in [1.54, 1.807) is 20.4 Å². The van der Waals surface area contributed by atoms with Gasteiger partial charge in [0.15, 0.2) is 5.75 Å². The third kappa shape index (κ3) is 3.48. The quantitative estimate of drug-likeness (QED) is 0.861. The Balaban J connectivity index is 3.15. The number of nitrogens with two attached hydrogens (primary N) is 1. The number of ether oxygens (including phenoxy) is 2. The van der Waals surface area contributed by atoms with E-state index in [-0.39, 0.29) is 17.6 Å². The number of rotatable bonds is 6. The highest BCUT2D eigenvalue weighted by atomic mass is 16.5. The van der Waals surface area contributed by atoms with Crippen LogP contribution in [0.15, 0.2) is 6.20 Å². The molecular weight excluding hydrogens is 242 g/mol. The fraction of sp³-hybridized carbons (Fsp3) is 0.786. The largest absolute Gasteiger partial charge is 0.493 e. The molecule has 0 aliphatic heterocycles. The number of aromatic nitrogens is 2. The van der Waals surface area contributed by atoms with Gasteiger partial charge in [-0.3, -0.25) is 4.68 Å². The second kappa shape index (κ2) is 6.39. The lowest BCUT2D eigenvalue weighted by molar-refractivity contribution is -0.00480. The Morgan fingerprint density at radius 2 is 2.00 bits per heavy atom. The summed E-state index contributed by atoms with van der Waals surface area (Å²) in [5.41, 5.74) is 7.28. The highest BCUT2D eigenvalue weighted by Crippen LogP contribution is 2.34. The second-order valence-electron chi connectivity index (χ2n) is 5.87. The first-order valence-electron chi connectivity index (χ1n) is 6.74. The molecular formula is C14H27N3O2. The number of methoxy groups -OCH3 is 2. The average Bonchev–Trinajstić information content (AvgIpc) is 2.71. The molecule has 0 amide bonds. The highest BCUT2D eigenvalue weighted by Gasteiger charge is 2.34. The summed E-state index contributed by atoms with van der Waals surface area (Å²) >= 11 is 0. The predicted octanol–water partition coefficient (Wildman–Crippen LogP) is 2.36. The van der Waals surface area contributed by atoms with Crippen molar-refractivity contribution >= 4 is 0 Å². The van der Waals surface area contributed by atoms with Crippen LogP contribution in [-0.2, 0) is 11.3 Å². The van der Waals surface area contributed by atoms with Gasteiger partial charge in [-0.15, -0.1) is 0 Å². The fourth-order valence-electron chi connectivity index (χ4n) is 2.44. The molecule has 2 atom stereocenters. The Bertz CT molecular complexity index is 396. The lowest BCUT2D eigenvalue weighted by atomic mass is 9.83. The maximum Gasteiger partial charge on any atom is 0.161 e. The molecule has 5 nitrogen and oxygen atoms in total. The Labute approximate surface area is 116 Å². The van der Waals surface area contributed by atoms with Crippen LogP contribution in [0.5, 0.6) is 5.75 Å². The van der Waals surface area contributed by atoms with Crippen molar-refractivity contribution < 1.29 is 9.47 Å². The summed E-state index contributed by atoms with van der Waals surface area (Å²) in [6, 6.07) is -0.269. The van der Waals surface area contributed by atoms with Crippen LogP contribution in [0.3, 0.4) is 0 Å². The molecule has 1 aromatic heterocycles. The van der Waals surface area contributed by atoms with Crippen LogP contribution in [0.1, 0.15) is 45.9 Å². The van der Waals surface area contributed by atoms with Crippen LogP contribution >= 0.6 is 0 Å². The molecule has 1 heterocycles. The lowest BCUT2D eigenvalue weighted by Crippen LogP contribution is -2.39. The lowest BCUT2D eigenvalue weighted by Gasteiger charge is -2.34. The number of aryl methyl sites for hydroxylation is 1. The van der Waals surface area contributed by atoms with E-state index in [1.807, 2.05) is 4.68 Å². The molecule has 19 heavy (non-hydrogen) atoms. The minimum Gasteiger partial charge on any atom is -0.493 e. The van der Waals surface area contributed by atoms with E-state index in [9.17, 15) is 0 Å². The SMILES string of the molecule is CCCn1ncc(OC)c1C(N)C(OC)C(C)(C)C. The maximum atomic E-state index is 6.42. The molecule has 2 N–H and O–H groups in total. The van der Waals surface area contributed by atoms with Crippen molar-refractivity contribution in [3.63, 3.8) is 0 Å². The van der Waals surface area contributed by atoms with Gasteiger partial charge < -0.3 is 15.2 Å². The molecule has 0 aromatic carbocycles. The summed E-state index contributed by atoms with van der Waals surface area (Å²) < 4.78 is 12.9. The minimum atomic E-state index is -0.269. The normalized spacial score (nSPS) is 15.3. The maximum absolute atomic E-state index is 6.42. The van der Waals surface area contributed by atoms with E-state index in [4.69, 9.17) is 15.2 Å². The van der Waals surface area contributed by atoms with Crippen molar-refractivity contribution in [3.8, 4) is 5.75 Å². The first-order valence-corrected chi connectivity index (χ1v) is 6.74. The molecule has 0 radical (unpaired) electrons. The van der Waals surface area contributed by atoms with Crippen molar-refractivity contribution in [2.24, 2.45) is 11.1 Å². The van der Waals surface area contributed by atoms with E-state index in [2.05, 4.69) is 32.8 Å². The van der Waals surface area contributed by atoms with Crippen LogP contribution in [0.4, 0.5) is 0 Å². The van der Waals surface area contributed by atoms with Crippen LogP contribution < -0.4 is 10.5 Å². The van der Waals surface area contributed by atoms with Gasteiger partial charge in [0, 0.05) is 13.7 Å². The van der Waals surface area contributed by atoms with Gasteiger partial charge in [-0.1, -0.05) is 27.7 Å². The van der Waals surface area contributed by atoms with E-state index in [0.717, 1.165) is 24.4 Å². The van der Waals surface area contributed by atoms with Crippen molar-refractivity contribution in [1.82, 2.24) is 9.78 Å². The van der Waals surface area contributed by atoms with Gasteiger partial charge in [0.2, 0.25) is 0 Å². The summed E-state index contributed by atoms with van der Waals surface area (Å²) in [5, 5.41) is 4.35. The number of hydrogen-bond donors (Lipinski definition) is 1. The Hall–Kier alpha value is -1.07. The zero-order valence-electron chi connectivity index (χ0n) is 12.9. The molecule has 1 rings (SSSR count). The topological polar surface area (TPSA) is 62.3 Å². The summed E-state index contributed by atoms with van der Waals surface area (Å²) in [5.74, 6) is 0.729. The summed E-state index contributed by atoms with van der Waals surface area (Å²) in [6.45, 7) is 9.30. The molecule has 0 aliphatic rings. The average molecular weight is 269 g/mol. The predicted molar refractivity (Wildman–Crippen MR) is 76.3 cm³/mol. The fourth-order valence-corrected chi connectivity index (χ4v) is 2.44. The molecule has 0 spiro atoms. The standard InChI is InChI=1S/C14H27N3O2/c1-7-8-17-12(10(18-5)9-16-17)11(15)13(19-6)14(2,3)4/h9,11,13H,7-8,15H2,1-6H3. The molecule has 0 saturated carbocycles. The smallest absolute Gasteiger partial charge is 0.161 e. The summed E-state index contributed by atoms with van der Waals surface area (Å²) in [7, 11) is 3.34. The van der Waals surface area contributed by atoms with Crippen molar-refractivity contribution in [2.45, 2.75) is 52.8 Å². The van der Waals surface area contributed by atoms with Gasteiger partial charge in [0.25, 0.3) is 0 Å². The van der Waals surface area contributed by atoms with Crippen molar-refractivity contribution in [3.05, 3.63) is 11.9 Å². The molecule has 110 valence electrons. The molecule has 0 aliphatic carbocycles. The van der Waals surface area contributed by atoms with Gasteiger partial charge in [0.05, 0.1) is 31.1 Å². The van der Waals surface area contributed by atoms with Crippen molar-refractivity contribution in [2.75, 3.05) is 14.2 Å². The third-order valence-corrected chi connectivity index (χ3v) is 3.25. The van der Waals surface area contributed by atoms with Crippen LogP contribution in [0.2, 0.25) is 0 Å². The summed E-state index contributed by atoms with van der Waals surface area (Å²) in [6.07, 6.45) is 2.62. The first kappa shape index (κ1) is 16.0. The van der Waals surface area contributed by atoms with Gasteiger partial charge in [-0.05, 0) is 11.8 Å². The molecule has 0 fully saturated rings. The molecule has 0 bridgehead atoms. The third-order valence-electron chi connectivity index (χ3n) is 3.25. The Kier molecular flexibility index (Phi) is 5.38. The van der Waals surface area contributed by atoms with Gasteiger partial charge in [-0.2, -0.15) is 5.10 Å². The number of hydrogen-bond acceptors (Lipinski definition) is 4. The summed E-state index contributed by atoms with van der Waals surface area (Å²) in [4.78, 5) is 0. The van der Waals surface area contributed by atoms with Crippen molar-refractivity contribution in [1.29, 1.82) is 0 Å². The second-order valence-corrected chi connectivity index (χ2v) is 5.87. The van der Waals surface area contributed by atoms with Gasteiger partial charge >= 0.3 is 0 Å². The molecule has 5 heteroatoms.